The van der Waals surface area contributed by atoms with Crippen molar-refractivity contribution in [3.63, 3.8) is 0 Å². The van der Waals surface area contributed by atoms with Crippen molar-refractivity contribution < 1.29 is 33.6 Å². The van der Waals surface area contributed by atoms with Gasteiger partial charge in [0.15, 0.2) is 0 Å². The third kappa shape index (κ3) is 14.2. The molecule has 144 valence electrons. The zero-order valence-electron chi connectivity index (χ0n) is 15.1. The van der Waals surface area contributed by atoms with Crippen LogP contribution in [0.2, 0.25) is 0 Å². The molecule has 7 nitrogen and oxygen atoms in total. The Hall–Kier alpha value is -1.86. The third-order valence-electron chi connectivity index (χ3n) is 3.07. The van der Waals surface area contributed by atoms with Crippen LogP contribution in [-0.2, 0) is 28.5 Å². The summed E-state index contributed by atoms with van der Waals surface area (Å²) in [5, 5.41) is 9.29. The van der Waals surface area contributed by atoms with E-state index < -0.39 is 0 Å². The maximum Gasteiger partial charge on any atom is 0.333 e. The molecule has 1 aliphatic rings. The van der Waals surface area contributed by atoms with E-state index in [0.717, 1.165) is 6.42 Å². The Labute approximate surface area is 149 Å². The van der Waals surface area contributed by atoms with Crippen LogP contribution >= 0.6 is 0 Å². The van der Waals surface area contributed by atoms with Gasteiger partial charge < -0.3 is 24.1 Å². The molecule has 0 spiro atoms. The van der Waals surface area contributed by atoms with Crippen LogP contribution in [0.4, 0.5) is 0 Å². The van der Waals surface area contributed by atoms with Gasteiger partial charge in [-0.2, -0.15) is 0 Å². The molecule has 2 atom stereocenters. The maximum atomic E-state index is 11.0. The number of aliphatic hydroxyl groups is 1. The molecule has 0 saturated carbocycles. The van der Waals surface area contributed by atoms with Gasteiger partial charge >= 0.3 is 11.9 Å². The van der Waals surface area contributed by atoms with E-state index in [4.69, 9.17) is 14.2 Å². The molecular weight excluding hydrogens is 328 g/mol. The first-order valence-corrected chi connectivity index (χ1v) is 8.54. The molecule has 7 heteroatoms. The van der Waals surface area contributed by atoms with Gasteiger partial charge in [0, 0.05) is 13.0 Å². The fourth-order valence-electron chi connectivity index (χ4n) is 1.92. The summed E-state index contributed by atoms with van der Waals surface area (Å²) in [4.78, 5) is 21.7. The minimum Gasteiger partial charge on any atom is -0.501 e. The topological polar surface area (TPSA) is 91.3 Å². The summed E-state index contributed by atoms with van der Waals surface area (Å²) in [5.41, 5.74) is 0. The van der Waals surface area contributed by atoms with Gasteiger partial charge in [0.05, 0.1) is 50.8 Å². The number of rotatable bonds is 9. The summed E-state index contributed by atoms with van der Waals surface area (Å²) in [6.07, 6.45) is 6.08. The number of carbonyl (C=O) groups excluding carboxylic acids is 2. The Balaban J connectivity index is 0.000000463. The highest BCUT2D eigenvalue weighted by Crippen LogP contribution is 2.16. The minimum absolute atomic E-state index is 0.164. The molecule has 0 aromatic carbocycles. The second kappa shape index (κ2) is 15.7. The zero-order chi connectivity index (χ0) is 18.9. The summed E-state index contributed by atoms with van der Waals surface area (Å²) >= 11 is 0. The van der Waals surface area contributed by atoms with E-state index in [1.807, 2.05) is 0 Å². The molecule has 2 unspecified atom stereocenters. The number of aliphatic hydroxyl groups excluding tert-OH is 1. The summed E-state index contributed by atoms with van der Waals surface area (Å²) in [5.74, 6) is -0.627. The van der Waals surface area contributed by atoms with Crippen molar-refractivity contribution in [2.24, 2.45) is 0 Å². The maximum absolute atomic E-state index is 11.0. The van der Waals surface area contributed by atoms with Crippen molar-refractivity contribution in [3.8, 4) is 0 Å². The second-order valence-corrected chi connectivity index (χ2v) is 5.18. The Kier molecular flexibility index (Phi) is 14.5. The van der Waals surface area contributed by atoms with E-state index in [1.165, 1.54) is 12.3 Å². The second-order valence-electron chi connectivity index (χ2n) is 5.18. The van der Waals surface area contributed by atoms with Crippen molar-refractivity contribution in [3.05, 3.63) is 25.0 Å². The predicted octanol–water partition coefficient (Wildman–Crippen LogP) is 2.14. The predicted molar refractivity (Wildman–Crippen MR) is 92.8 cm³/mol. The van der Waals surface area contributed by atoms with Crippen LogP contribution in [-0.4, -0.2) is 55.7 Å². The molecule has 0 bridgehead atoms. The Morgan fingerprint density at radius 3 is 2.60 bits per heavy atom. The van der Waals surface area contributed by atoms with E-state index in [0.29, 0.717) is 39.3 Å². The van der Waals surface area contributed by atoms with Gasteiger partial charge in [-0.3, -0.25) is 4.79 Å². The first-order valence-electron chi connectivity index (χ1n) is 8.54. The van der Waals surface area contributed by atoms with Gasteiger partial charge in [0.1, 0.15) is 0 Å². The fourth-order valence-corrected chi connectivity index (χ4v) is 1.92. The van der Waals surface area contributed by atoms with Gasteiger partial charge in [-0.15, -0.1) is 6.58 Å². The van der Waals surface area contributed by atoms with E-state index in [2.05, 4.69) is 11.3 Å². The number of esters is 2. The molecule has 0 aromatic heterocycles. The Bertz CT molecular complexity index is 406. The van der Waals surface area contributed by atoms with Crippen LogP contribution in [0.1, 0.15) is 39.5 Å². The highest BCUT2D eigenvalue weighted by Gasteiger charge is 2.23. The average molecular weight is 358 g/mol. The van der Waals surface area contributed by atoms with Crippen molar-refractivity contribution in [1.82, 2.24) is 0 Å². The molecule has 0 aromatic rings. The quantitative estimate of drug-likeness (QED) is 0.222. The van der Waals surface area contributed by atoms with Crippen LogP contribution in [0.3, 0.4) is 0 Å². The lowest BCUT2D eigenvalue weighted by atomic mass is 10.0. The molecule has 0 radical (unpaired) electrons. The lowest BCUT2D eigenvalue weighted by molar-refractivity contribution is -0.148. The van der Waals surface area contributed by atoms with Crippen molar-refractivity contribution in [2.45, 2.75) is 51.7 Å². The van der Waals surface area contributed by atoms with E-state index >= 15 is 0 Å². The van der Waals surface area contributed by atoms with Crippen LogP contribution in [0.25, 0.3) is 0 Å². The van der Waals surface area contributed by atoms with Crippen LogP contribution < -0.4 is 0 Å². The lowest BCUT2D eigenvalue weighted by Gasteiger charge is -2.25. The third-order valence-corrected chi connectivity index (χ3v) is 3.07. The van der Waals surface area contributed by atoms with Crippen molar-refractivity contribution in [2.75, 3.05) is 26.4 Å². The molecule has 25 heavy (non-hydrogen) atoms. The van der Waals surface area contributed by atoms with Crippen LogP contribution in [0, 0.1) is 0 Å². The minimum atomic E-state index is -0.379. The fraction of sp³-hybridized carbons (Fsp3) is 0.667. The molecule has 0 amide bonds. The van der Waals surface area contributed by atoms with Gasteiger partial charge in [-0.05, 0) is 26.7 Å². The SMILES string of the molecule is C=CCCO/C=C/C(=O)OCC.CCOC(=O)CC1CC(O)CCO1. The van der Waals surface area contributed by atoms with Gasteiger partial charge in [-0.1, -0.05) is 6.08 Å². The van der Waals surface area contributed by atoms with Gasteiger partial charge in [0.25, 0.3) is 0 Å². The molecule has 1 rings (SSSR count). The molecular formula is C18H30O7. The molecule has 1 fully saturated rings. The number of ether oxygens (including phenoxy) is 4. The average Bonchev–Trinajstić information content (AvgIpc) is 2.56. The van der Waals surface area contributed by atoms with Gasteiger partial charge in [0.2, 0.25) is 0 Å². The van der Waals surface area contributed by atoms with Crippen molar-refractivity contribution in [1.29, 1.82) is 0 Å². The number of hydrogen-bond donors (Lipinski definition) is 1. The molecule has 1 saturated heterocycles. The number of hydrogen-bond acceptors (Lipinski definition) is 7. The summed E-state index contributed by atoms with van der Waals surface area (Å²) in [7, 11) is 0. The summed E-state index contributed by atoms with van der Waals surface area (Å²) in [6.45, 7) is 8.91. The van der Waals surface area contributed by atoms with E-state index in [1.54, 1.807) is 19.9 Å². The number of carbonyl (C=O) groups is 2. The van der Waals surface area contributed by atoms with Crippen molar-refractivity contribution >= 4 is 11.9 Å². The normalized spacial score (nSPS) is 19.5. The summed E-state index contributed by atoms with van der Waals surface area (Å²) in [6, 6.07) is 0. The molecule has 1 N–H and O–H groups in total. The molecule has 1 aliphatic heterocycles. The zero-order valence-corrected chi connectivity index (χ0v) is 15.1. The standard InChI is InChI=1S/C9H16O4.C9H14O3/c1-2-12-9(11)6-8-5-7(10)3-4-13-8;1-3-5-7-11-8-6-9(10)12-4-2/h7-8,10H,2-6H2,1H3;3,6,8H,1,4-5,7H2,2H3/b;8-6+. The van der Waals surface area contributed by atoms with E-state index in [-0.39, 0.29) is 30.6 Å². The smallest absolute Gasteiger partial charge is 0.333 e. The van der Waals surface area contributed by atoms with Crippen LogP contribution in [0.5, 0.6) is 0 Å². The lowest BCUT2D eigenvalue weighted by Crippen LogP contribution is -2.31. The first-order chi connectivity index (χ1) is 12.0. The highest BCUT2D eigenvalue weighted by molar-refractivity contribution is 5.81. The highest BCUT2D eigenvalue weighted by atomic mass is 16.5. The van der Waals surface area contributed by atoms with E-state index in [9.17, 15) is 14.7 Å². The van der Waals surface area contributed by atoms with Gasteiger partial charge in [-0.25, -0.2) is 4.79 Å². The van der Waals surface area contributed by atoms with Crippen LogP contribution in [0.15, 0.2) is 25.0 Å². The first kappa shape index (κ1) is 23.1. The largest absolute Gasteiger partial charge is 0.501 e. The Morgan fingerprint density at radius 1 is 1.28 bits per heavy atom. The molecule has 1 heterocycles. The monoisotopic (exact) mass is 358 g/mol. The molecule has 0 aliphatic carbocycles. The summed E-state index contributed by atoms with van der Waals surface area (Å²) < 4.78 is 19.6. The Morgan fingerprint density at radius 2 is 2.00 bits per heavy atom.